The number of rotatable bonds is 2. The molecule has 96 valence electrons. The molecule has 0 aliphatic carbocycles. The summed E-state index contributed by atoms with van der Waals surface area (Å²) in [6.07, 6.45) is 1.23. The van der Waals surface area contributed by atoms with Gasteiger partial charge in [0.25, 0.3) is 0 Å². The molecule has 0 spiro atoms. The van der Waals surface area contributed by atoms with E-state index in [1.165, 1.54) is 6.42 Å². The Bertz CT molecular complexity index is 573. The molecule has 18 heavy (non-hydrogen) atoms. The number of hydrogen-bond donors (Lipinski definition) is 1. The summed E-state index contributed by atoms with van der Waals surface area (Å²) in [6.45, 7) is 7.59. The molecule has 1 aromatic carbocycles. The molecule has 4 nitrogen and oxygen atoms in total. The minimum absolute atomic E-state index is 0.408. The van der Waals surface area contributed by atoms with Crippen molar-refractivity contribution in [3.05, 3.63) is 24.1 Å². The van der Waals surface area contributed by atoms with Crippen LogP contribution >= 0.6 is 0 Å². The van der Waals surface area contributed by atoms with Gasteiger partial charge in [-0.05, 0) is 30.5 Å². The third kappa shape index (κ3) is 2.08. The Balaban J connectivity index is 1.81. The Morgan fingerprint density at radius 2 is 2.28 bits per heavy atom. The topological polar surface area (TPSA) is 55.3 Å². The van der Waals surface area contributed by atoms with Gasteiger partial charge in [-0.3, -0.25) is 4.90 Å². The Hall–Kier alpha value is -1.55. The van der Waals surface area contributed by atoms with E-state index in [9.17, 15) is 0 Å². The normalized spacial score (nSPS) is 19.7. The van der Waals surface area contributed by atoms with Crippen LogP contribution in [0.15, 0.2) is 22.6 Å². The average molecular weight is 245 g/mol. The smallest absolute Gasteiger partial charge is 0.209 e. The van der Waals surface area contributed by atoms with Crippen LogP contribution < -0.4 is 5.73 Å². The first kappa shape index (κ1) is 11.5. The maximum absolute atomic E-state index is 5.88. The molecule has 0 saturated carbocycles. The molecule has 0 bridgehead atoms. The molecule has 0 atom stereocenters. The van der Waals surface area contributed by atoms with E-state index >= 15 is 0 Å². The zero-order valence-electron chi connectivity index (χ0n) is 10.9. The van der Waals surface area contributed by atoms with E-state index in [0.717, 1.165) is 36.6 Å². The van der Waals surface area contributed by atoms with Crippen molar-refractivity contribution in [2.75, 3.05) is 18.8 Å². The molecule has 1 saturated heterocycles. The zero-order chi connectivity index (χ0) is 12.8. The van der Waals surface area contributed by atoms with Gasteiger partial charge in [0, 0.05) is 6.54 Å². The number of benzene rings is 1. The van der Waals surface area contributed by atoms with Crippen molar-refractivity contribution in [1.29, 1.82) is 0 Å². The lowest BCUT2D eigenvalue weighted by atomic mass is 9.93. The SMILES string of the molecule is CC1(C)CCN(Cc2nc3c(N)cccc3o2)C1. The molecule has 1 aromatic heterocycles. The minimum Gasteiger partial charge on any atom is -0.439 e. The third-order valence-corrected chi connectivity index (χ3v) is 3.61. The Kier molecular flexibility index (Phi) is 2.55. The van der Waals surface area contributed by atoms with Crippen molar-refractivity contribution in [2.24, 2.45) is 5.41 Å². The summed E-state index contributed by atoms with van der Waals surface area (Å²) in [5.74, 6) is 0.764. The number of anilines is 1. The molecule has 0 amide bonds. The summed E-state index contributed by atoms with van der Waals surface area (Å²) in [4.78, 5) is 6.88. The van der Waals surface area contributed by atoms with Crippen LogP contribution in [0.2, 0.25) is 0 Å². The summed E-state index contributed by atoms with van der Waals surface area (Å²) in [7, 11) is 0. The van der Waals surface area contributed by atoms with E-state index in [1.807, 2.05) is 18.2 Å². The molecule has 2 N–H and O–H groups in total. The molecule has 4 heteroatoms. The monoisotopic (exact) mass is 245 g/mol. The maximum Gasteiger partial charge on any atom is 0.209 e. The van der Waals surface area contributed by atoms with Crippen molar-refractivity contribution in [2.45, 2.75) is 26.8 Å². The predicted molar refractivity (Wildman–Crippen MR) is 72.1 cm³/mol. The molecule has 1 fully saturated rings. The van der Waals surface area contributed by atoms with E-state index in [-0.39, 0.29) is 0 Å². The number of nitrogens with zero attached hydrogens (tertiary/aromatic N) is 2. The van der Waals surface area contributed by atoms with Gasteiger partial charge in [0.1, 0.15) is 5.52 Å². The summed E-state index contributed by atoms with van der Waals surface area (Å²) in [5, 5.41) is 0. The number of hydrogen-bond acceptors (Lipinski definition) is 4. The standard InChI is InChI=1S/C14H19N3O/c1-14(2)6-7-17(9-14)8-12-16-13-10(15)4-3-5-11(13)18-12/h3-5H,6-9,15H2,1-2H3. The fourth-order valence-electron chi connectivity index (χ4n) is 2.63. The molecule has 1 aliphatic heterocycles. The van der Waals surface area contributed by atoms with Gasteiger partial charge in [-0.2, -0.15) is 0 Å². The highest BCUT2D eigenvalue weighted by atomic mass is 16.3. The van der Waals surface area contributed by atoms with Crippen LogP contribution in [-0.2, 0) is 6.54 Å². The maximum atomic E-state index is 5.88. The molecular weight excluding hydrogens is 226 g/mol. The second-order valence-corrected chi connectivity index (χ2v) is 5.93. The van der Waals surface area contributed by atoms with Crippen molar-refractivity contribution < 1.29 is 4.42 Å². The first-order chi connectivity index (χ1) is 8.53. The summed E-state index contributed by atoms with van der Waals surface area (Å²) in [5.41, 5.74) is 8.54. The third-order valence-electron chi connectivity index (χ3n) is 3.61. The second-order valence-electron chi connectivity index (χ2n) is 5.93. The quantitative estimate of drug-likeness (QED) is 0.826. The minimum atomic E-state index is 0.408. The average Bonchev–Trinajstić information content (AvgIpc) is 2.83. The van der Waals surface area contributed by atoms with E-state index in [4.69, 9.17) is 10.2 Å². The van der Waals surface area contributed by atoms with E-state index < -0.39 is 0 Å². The lowest BCUT2D eigenvalue weighted by Gasteiger charge is -2.18. The molecule has 3 rings (SSSR count). The fraction of sp³-hybridized carbons (Fsp3) is 0.500. The Morgan fingerprint density at radius 1 is 1.44 bits per heavy atom. The highest BCUT2D eigenvalue weighted by molar-refractivity contribution is 5.85. The summed E-state index contributed by atoms with van der Waals surface area (Å²) in [6, 6.07) is 5.66. The highest BCUT2D eigenvalue weighted by Crippen LogP contribution is 2.30. The number of fused-ring (bicyclic) bond motifs is 1. The van der Waals surface area contributed by atoms with Gasteiger partial charge < -0.3 is 10.2 Å². The molecule has 2 heterocycles. The lowest BCUT2D eigenvalue weighted by molar-refractivity contribution is 0.261. The number of para-hydroxylation sites is 1. The first-order valence-electron chi connectivity index (χ1n) is 6.40. The second kappa shape index (κ2) is 3.99. The summed E-state index contributed by atoms with van der Waals surface area (Å²) < 4.78 is 5.75. The van der Waals surface area contributed by atoms with Crippen LogP contribution in [0.3, 0.4) is 0 Å². The fourth-order valence-corrected chi connectivity index (χ4v) is 2.63. The van der Waals surface area contributed by atoms with Crippen molar-refractivity contribution in [3.63, 3.8) is 0 Å². The molecule has 0 radical (unpaired) electrons. The van der Waals surface area contributed by atoms with Gasteiger partial charge in [-0.1, -0.05) is 19.9 Å². The van der Waals surface area contributed by atoms with Crippen molar-refractivity contribution in [1.82, 2.24) is 9.88 Å². The van der Waals surface area contributed by atoms with E-state index in [1.54, 1.807) is 0 Å². The van der Waals surface area contributed by atoms with Crippen LogP contribution in [0.25, 0.3) is 11.1 Å². The van der Waals surface area contributed by atoms with Gasteiger partial charge in [-0.15, -0.1) is 0 Å². The molecule has 0 unspecified atom stereocenters. The number of nitrogens with two attached hydrogens (primary N) is 1. The lowest BCUT2D eigenvalue weighted by Crippen LogP contribution is -2.22. The Labute approximate surface area is 107 Å². The molecular formula is C14H19N3O. The van der Waals surface area contributed by atoms with Crippen molar-refractivity contribution >= 4 is 16.8 Å². The van der Waals surface area contributed by atoms with Crippen LogP contribution in [0.4, 0.5) is 5.69 Å². The molecule has 1 aliphatic rings. The number of likely N-dealkylation sites (tertiary alicyclic amines) is 1. The van der Waals surface area contributed by atoms with E-state index in [2.05, 4.69) is 23.7 Å². The van der Waals surface area contributed by atoms with Crippen LogP contribution in [0.5, 0.6) is 0 Å². The van der Waals surface area contributed by atoms with Gasteiger partial charge in [0.2, 0.25) is 5.89 Å². The van der Waals surface area contributed by atoms with Gasteiger partial charge in [0.05, 0.1) is 12.2 Å². The van der Waals surface area contributed by atoms with E-state index in [0.29, 0.717) is 11.1 Å². The largest absolute Gasteiger partial charge is 0.439 e. The summed E-state index contributed by atoms with van der Waals surface area (Å²) >= 11 is 0. The zero-order valence-corrected chi connectivity index (χ0v) is 10.9. The van der Waals surface area contributed by atoms with Crippen LogP contribution in [0.1, 0.15) is 26.2 Å². The number of nitrogen functional groups attached to an aromatic ring is 1. The van der Waals surface area contributed by atoms with Gasteiger partial charge in [0.15, 0.2) is 5.58 Å². The van der Waals surface area contributed by atoms with Crippen LogP contribution in [0, 0.1) is 5.41 Å². The predicted octanol–water partition coefficient (Wildman–Crippen LogP) is 2.64. The number of aromatic nitrogens is 1. The first-order valence-corrected chi connectivity index (χ1v) is 6.40. The van der Waals surface area contributed by atoms with Gasteiger partial charge in [-0.25, -0.2) is 4.98 Å². The highest BCUT2D eigenvalue weighted by Gasteiger charge is 2.29. The van der Waals surface area contributed by atoms with Crippen molar-refractivity contribution in [3.8, 4) is 0 Å². The van der Waals surface area contributed by atoms with Crippen LogP contribution in [-0.4, -0.2) is 23.0 Å². The Morgan fingerprint density at radius 3 is 2.94 bits per heavy atom. The number of oxazole rings is 1. The van der Waals surface area contributed by atoms with Gasteiger partial charge >= 0.3 is 0 Å². The molecule has 2 aromatic rings.